The van der Waals surface area contributed by atoms with Crippen LogP contribution in [0, 0.1) is 13.8 Å². The Morgan fingerprint density at radius 2 is 1.88 bits per heavy atom. The summed E-state index contributed by atoms with van der Waals surface area (Å²) in [6, 6.07) is 14.5. The first-order valence-corrected chi connectivity index (χ1v) is 9.09. The zero-order valence-electron chi connectivity index (χ0n) is 15.5. The normalized spacial score (nSPS) is 13.8. The molecule has 1 amide bonds. The lowest BCUT2D eigenvalue weighted by atomic mass is 10.1. The maximum absolute atomic E-state index is 13.2. The van der Waals surface area contributed by atoms with E-state index in [-0.39, 0.29) is 5.91 Å². The Labute approximate surface area is 153 Å². The van der Waals surface area contributed by atoms with Crippen LogP contribution in [0.15, 0.2) is 42.5 Å². The molecule has 1 heterocycles. The third kappa shape index (κ3) is 3.19. The lowest BCUT2D eigenvalue weighted by Crippen LogP contribution is -2.32. The molecule has 0 radical (unpaired) electrons. The number of carbonyl (C=O) groups is 1. The van der Waals surface area contributed by atoms with Gasteiger partial charge in [-0.3, -0.25) is 4.79 Å². The molecular weight excluding hydrogens is 324 g/mol. The minimum absolute atomic E-state index is 0.0802. The Hall–Kier alpha value is -2.75. The van der Waals surface area contributed by atoms with Gasteiger partial charge in [-0.15, -0.1) is 0 Å². The Kier molecular flexibility index (Phi) is 4.19. The maximum atomic E-state index is 13.2. The van der Waals surface area contributed by atoms with Gasteiger partial charge in [-0.1, -0.05) is 18.2 Å². The van der Waals surface area contributed by atoms with Gasteiger partial charge in [-0.05, 0) is 67.6 Å². The summed E-state index contributed by atoms with van der Waals surface area (Å²) in [7, 11) is 1.66. The van der Waals surface area contributed by atoms with Crippen molar-refractivity contribution in [3.05, 3.63) is 64.8 Å². The number of aromatic amines is 1. The summed E-state index contributed by atoms with van der Waals surface area (Å²) >= 11 is 0. The van der Waals surface area contributed by atoms with Gasteiger partial charge in [-0.25, -0.2) is 0 Å². The number of amides is 1. The van der Waals surface area contributed by atoms with Crippen LogP contribution in [0.1, 0.15) is 40.0 Å². The van der Waals surface area contributed by atoms with Gasteiger partial charge < -0.3 is 14.6 Å². The van der Waals surface area contributed by atoms with E-state index >= 15 is 0 Å². The lowest BCUT2D eigenvalue weighted by molar-refractivity contribution is 0.0725. The average molecular weight is 348 g/mol. The molecule has 1 aromatic heterocycles. The number of aryl methyl sites for hydroxylation is 2. The highest BCUT2D eigenvalue weighted by molar-refractivity contribution is 5.99. The van der Waals surface area contributed by atoms with Crippen molar-refractivity contribution in [2.45, 2.75) is 39.3 Å². The van der Waals surface area contributed by atoms with Crippen molar-refractivity contribution < 1.29 is 9.53 Å². The van der Waals surface area contributed by atoms with Crippen molar-refractivity contribution in [1.82, 2.24) is 9.88 Å². The second-order valence-electron chi connectivity index (χ2n) is 7.24. The van der Waals surface area contributed by atoms with Crippen LogP contribution in [0.4, 0.5) is 0 Å². The van der Waals surface area contributed by atoms with Crippen LogP contribution >= 0.6 is 0 Å². The van der Waals surface area contributed by atoms with Crippen LogP contribution in [-0.4, -0.2) is 28.9 Å². The second kappa shape index (κ2) is 6.52. The molecule has 4 heteroatoms. The van der Waals surface area contributed by atoms with E-state index in [0.29, 0.717) is 18.3 Å². The molecule has 1 aliphatic rings. The standard InChI is InChI=1S/C22H24N2O2/c1-14-10-15(2)19-12-21(23-20(19)11-14)22(25)24(17-6-7-17)13-16-4-8-18(26-3)9-5-16/h4-5,8-12,17,23H,6-7,13H2,1-3H3. The van der Waals surface area contributed by atoms with Gasteiger partial charge in [0.25, 0.3) is 5.91 Å². The Bertz CT molecular complexity index is 952. The number of aromatic nitrogens is 1. The summed E-state index contributed by atoms with van der Waals surface area (Å²) in [5.74, 6) is 0.913. The Morgan fingerprint density at radius 3 is 2.54 bits per heavy atom. The molecule has 0 saturated heterocycles. The number of benzene rings is 2. The molecule has 0 unspecified atom stereocenters. The molecule has 1 N–H and O–H groups in total. The molecule has 0 spiro atoms. The number of H-pyrrole nitrogens is 1. The molecule has 134 valence electrons. The number of hydrogen-bond acceptors (Lipinski definition) is 2. The molecule has 1 aliphatic carbocycles. The predicted molar refractivity (Wildman–Crippen MR) is 104 cm³/mol. The minimum Gasteiger partial charge on any atom is -0.497 e. The first-order valence-electron chi connectivity index (χ1n) is 9.09. The highest BCUT2D eigenvalue weighted by Crippen LogP contribution is 2.31. The van der Waals surface area contributed by atoms with Gasteiger partial charge >= 0.3 is 0 Å². The van der Waals surface area contributed by atoms with E-state index in [1.54, 1.807) is 7.11 Å². The SMILES string of the molecule is COc1ccc(CN(C(=O)c2cc3c(C)cc(C)cc3[nH]2)C2CC2)cc1. The fourth-order valence-corrected chi connectivity index (χ4v) is 3.55. The summed E-state index contributed by atoms with van der Waals surface area (Å²) in [6.07, 6.45) is 2.17. The zero-order chi connectivity index (χ0) is 18.3. The number of nitrogens with one attached hydrogen (secondary N) is 1. The van der Waals surface area contributed by atoms with E-state index in [9.17, 15) is 4.79 Å². The van der Waals surface area contributed by atoms with Crippen molar-refractivity contribution in [3.8, 4) is 5.75 Å². The van der Waals surface area contributed by atoms with Crippen molar-refractivity contribution >= 4 is 16.8 Å². The first kappa shape index (κ1) is 16.7. The number of nitrogens with zero attached hydrogens (tertiary/aromatic N) is 1. The smallest absolute Gasteiger partial charge is 0.270 e. The maximum Gasteiger partial charge on any atom is 0.270 e. The first-order chi connectivity index (χ1) is 12.5. The van der Waals surface area contributed by atoms with Crippen LogP contribution in [0.5, 0.6) is 5.75 Å². The highest BCUT2D eigenvalue weighted by atomic mass is 16.5. The van der Waals surface area contributed by atoms with E-state index in [0.717, 1.165) is 35.1 Å². The number of hydrogen-bond donors (Lipinski definition) is 1. The van der Waals surface area contributed by atoms with E-state index in [1.165, 1.54) is 11.1 Å². The van der Waals surface area contributed by atoms with Crippen molar-refractivity contribution in [2.24, 2.45) is 0 Å². The second-order valence-corrected chi connectivity index (χ2v) is 7.24. The molecule has 1 saturated carbocycles. The fraction of sp³-hybridized carbons (Fsp3) is 0.318. The molecule has 26 heavy (non-hydrogen) atoms. The lowest BCUT2D eigenvalue weighted by Gasteiger charge is -2.22. The molecule has 3 aromatic rings. The van der Waals surface area contributed by atoms with Crippen LogP contribution in [0.2, 0.25) is 0 Å². The highest BCUT2D eigenvalue weighted by Gasteiger charge is 2.33. The summed E-state index contributed by atoms with van der Waals surface area (Å²) < 4.78 is 5.22. The molecule has 2 aromatic carbocycles. The molecule has 0 bridgehead atoms. The zero-order valence-corrected chi connectivity index (χ0v) is 15.5. The van der Waals surface area contributed by atoms with Crippen LogP contribution in [0.3, 0.4) is 0 Å². The van der Waals surface area contributed by atoms with Gasteiger partial charge in [0.2, 0.25) is 0 Å². The summed E-state index contributed by atoms with van der Waals surface area (Å²) in [5, 5.41) is 1.12. The van der Waals surface area contributed by atoms with Gasteiger partial charge in [0.1, 0.15) is 11.4 Å². The summed E-state index contributed by atoms with van der Waals surface area (Å²) in [5.41, 5.74) is 5.23. The molecule has 1 fully saturated rings. The van der Waals surface area contributed by atoms with Crippen LogP contribution < -0.4 is 4.74 Å². The largest absolute Gasteiger partial charge is 0.497 e. The van der Waals surface area contributed by atoms with Crippen molar-refractivity contribution in [1.29, 1.82) is 0 Å². The topological polar surface area (TPSA) is 45.3 Å². The van der Waals surface area contributed by atoms with E-state index in [2.05, 4.69) is 31.0 Å². The van der Waals surface area contributed by atoms with Crippen molar-refractivity contribution in [2.75, 3.05) is 7.11 Å². The van der Waals surface area contributed by atoms with Crippen LogP contribution in [-0.2, 0) is 6.54 Å². The quantitative estimate of drug-likeness (QED) is 0.732. The van der Waals surface area contributed by atoms with E-state index in [4.69, 9.17) is 4.74 Å². The summed E-state index contributed by atoms with van der Waals surface area (Å²) in [4.78, 5) is 18.5. The molecule has 0 aliphatic heterocycles. The Balaban J connectivity index is 1.62. The van der Waals surface area contributed by atoms with Gasteiger partial charge in [-0.2, -0.15) is 0 Å². The number of methoxy groups -OCH3 is 1. The number of fused-ring (bicyclic) bond motifs is 1. The monoisotopic (exact) mass is 348 g/mol. The fourth-order valence-electron chi connectivity index (χ4n) is 3.55. The van der Waals surface area contributed by atoms with Gasteiger partial charge in [0, 0.05) is 23.5 Å². The van der Waals surface area contributed by atoms with E-state index < -0.39 is 0 Å². The van der Waals surface area contributed by atoms with Crippen LogP contribution in [0.25, 0.3) is 10.9 Å². The minimum atomic E-state index is 0.0802. The predicted octanol–water partition coefficient (Wildman–Crippen LogP) is 4.60. The molecule has 4 rings (SSSR count). The van der Waals surface area contributed by atoms with Gasteiger partial charge in [0.15, 0.2) is 0 Å². The number of ether oxygens (including phenoxy) is 1. The molecule has 4 nitrogen and oxygen atoms in total. The third-order valence-corrected chi connectivity index (χ3v) is 5.08. The number of rotatable bonds is 5. The Morgan fingerprint density at radius 1 is 1.15 bits per heavy atom. The number of carbonyl (C=O) groups excluding carboxylic acids is 1. The summed E-state index contributed by atoms with van der Waals surface area (Å²) in [6.45, 7) is 4.79. The molecular formula is C22H24N2O2. The third-order valence-electron chi connectivity index (χ3n) is 5.08. The van der Waals surface area contributed by atoms with Crippen molar-refractivity contribution in [3.63, 3.8) is 0 Å². The average Bonchev–Trinajstić information content (AvgIpc) is 3.38. The molecule has 0 atom stereocenters. The van der Waals surface area contributed by atoms with E-state index in [1.807, 2.05) is 35.2 Å². The van der Waals surface area contributed by atoms with Gasteiger partial charge in [0.05, 0.1) is 7.11 Å².